The summed E-state index contributed by atoms with van der Waals surface area (Å²) >= 11 is 0. The van der Waals surface area contributed by atoms with Crippen LogP contribution in [0.3, 0.4) is 0 Å². The van der Waals surface area contributed by atoms with E-state index in [4.69, 9.17) is 4.98 Å². The molecule has 1 saturated carbocycles. The molecule has 4 N–H and O–H groups in total. The van der Waals surface area contributed by atoms with Crippen molar-refractivity contribution in [3.63, 3.8) is 0 Å². The van der Waals surface area contributed by atoms with Crippen molar-refractivity contribution < 1.29 is 14.7 Å². The van der Waals surface area contributed by atoms with Crippen LogP contribution in [0.5, 0.6) is 0 Å². The van der Waals surface area contributed by atoms with Crippen LogP contribution in [0.25, 0.3) is 22.3 Å². The maximum absolute atomic E-state index is 14.1. The fraction of sp³-hybridized carbons (Fsp3) is 0.268. The normalized spacial score (nSPS) is 14.4. The molecule has 11 nitrogen and oxygen atoms in total. The standard InChI is InChI=1S/C41H42N8O3/c1-26-15-17-31(24-33(26)48-41-44-21-19-32(47-41)30-14-9-20-43-25-30)45-40(52)37(50)36(22-27-10-5-3-6-11-27)49-35-18-16-29(39(51)42-2)23-34(35)46-38(49)28-12-7-4-8-13-28/h3,5-6,9-11,14-21,23-25,28,36-37,50H,4,7-8,12-13,22H2,1-2H3,(H,42,51)(H,45,52)(H,44,47,48)/t36-,37+/m1/s1. The monoisotopic (exact) mass is 694 g/mol. The Bertz CT molecular complexity index is 2180. The first kappa shape index (κ1) is 34.5. The predicted octanol–water partition coefficient (Wildman–Crippen LogP) is 7.13. The molecular weight excluding hydrogens is 653 g/mol. The number of carbonyl (C=O) groups is 2. The Balaban J connectivity index is 1.21. The summed E-state index contributed by atoms with van der Waals surface area (Å²) in [5, 5.41) is 21.0. The zero-order valence-corrected chi connectivity index (χ0v) is 29.3. The molecule has 0 spiro atoms. The summed E-state index contributed by atoms with van der Waals surface area (Å²) in [6.07, 6.45) is 9.40. The third kappa shape index (κ3) is 7.54. The number of amides is 2. The first-order valence-electron chi connectivity index (χ1n) is 17.8. The van der Waals surface area contributed by atoms with Gasteiger partial charge in [0, 0.05) is 54.1 Å². The van der Waals surface area contributed by atoms with Gasteiger partial charge in [0.05, 0.1) is 22.8 Å². The maximum atomic E-state index is 14.1. The van der Waals surface area contributed by atoms with Gasteiger partial charge < -0.3 is 25.6 Å². The Hall–Kier alpha value is -5.94. The smallest absolute Gasteiger partial charge is 0.255 e. The zero-order chi connectivity index (χ0) is 36.0. The number of aromatic nitrogens is 5. The van der Waals surface area contributed by atoms with Gasteiger partial charge in [-0.3, -0.25) is 14.6 Å². The maximum Gasteiger partial charge on any atom is 0.255 e. The molecule has 11 heteroatoms. The summed E-state index contributed by atoms with van der Waals surface area (Å²) in [5.74, 6) is 0.673. The van der Waals surface area contributed by atoms with Crippen molar-refractivity contribution in [2.24, 2.45) is 0 Å². The van der Waals surface area contributed by atoms with Gasteiger partial charge in [-0.05, 0) is 85.8 Å². The van der Waals surface area contributed by atoms with Gasteiger partial charge >= 0.3 is 0 Å². The molecule has 0 bridgehead atoms. The number of aliphatic hydroxyl groups is 1. The van der Waals surface area contributed by atoms with Crippen LogP contribution in [0.4, 0.5) is 17.3 Å². The van der Waals surface area contributed by atoms with Gasteiger partial charge in [-0.25, -0.2) is 15.0 Å². The number of anilines is 3. The second kappa shape index (κ2) is 15.5. The van der Waals surface area contributed by atoms with Crippen LogP contribution in [0, 0.1) is 6.92 Å². The van der Waals surface area contributed by atoms with E-state index in [9.17, 15) is 14.7 Å². The third-order valence-electron chi connectivity index (χ3n) is 9.79. The number of rotatable bonds is 11. The molecule has 0 saturated heterocycles. The number of aliphatic hydroxyl groups excluding tert-OH is 1. The lowest BCUT2D eigenvalue weighted by Crippen LogP contribution is -2.38. The molecule has 0 unspecified atom stereocenters. The van der Waals surface area contributed by atoms with Crippen LogP contribution in [0.2, 0.25) is 0 Å². The topological polar surface area (TPSA) is 147 Å². The van der Waals surface area contributed by atoms with Gasteiger partial charge in [0.15, 0.2) is 6.10 Å². The molecule has 2 atom stereocenters. The van der Waals surface area contributed by atoms with Crippen molar-refractivity contribution in [1.82, 2.24) is 29.8 Å². The van der Waals surface area contributed by atoms with Gasteiger partial charge in [0.1, 0.15) is 5.82 Å². The van der Waals surface area contributed by atoms with Crippen molar-refractivity contribution in [1.29, 1.82) is 0 Å². The molecule has 52 heavy (non-hydrogen) atoms. The lowest BCUT2D eigenvalue weighted by molar-refractivity contribution is -0.126. The van der Waals surface area contributed by atoms with E-state index < -0.39 is 18.1 Å². The molecule has 3 heterocycles. The number of nitrogens with zero attached hydrogens (tertiary/aromatic N) is 5. The highest BCUT2D eigenvalue weighted by atomic mass is 16.3. The van der Waals surface area contributed by atoms with Crippen molar-refractivity contribution >= 4 is 40.2 Å². The molecule has 1 aliphatic rings. The minimum absolute atomic E-state index is 0.169. The number of imidazole rings is 1. The van der Waals surface area contributed by atoms with E-state index in [2.05, 4.69) is 35.5 Å². The van der Waals surface area contributed by atoms with E-state index in [0.717, 1.165) is 59.4 Å². The van der Waals surface area contributed by atoms with E-state index in [1.54, 1.807) is 37.8 Å². The molecule has 2 amide bonds. The summed E-state index contributed by atoms with van der Waals surface area (Å²) in [6, 6.07) is 25.8. The number of fused-ring (bicyclic) bond motifs is 1. The van der Waals surface area contributed by atoms with Gasteiger partial charge in [-0.2, -0.15) is 0 Å². The Morgan fingerprint density at radius 1 is 0.923 bits per heavy atom. The summed E-state index contributed by atoms with van der Waals surface area (Å²) in [4.78, 5) is 45.0. The SMILES string of the molecule is CNC(=O)c1ccc2c(c1)nc(C1CCCCC1)n2[C@H](Cc1ccccc1)[C@H](O)C(=O)Nc1ccc(C)c(Nc2nccc(-c3cccnc3)n2)c1. The number of benzene rings is 3. The van der Waals surface area contributed by atoms with E-state index in [-0.39, 0.29) is 11.8 Å². The van der Waals surface area contributed by atoms with E-state index in [1.165, 1.54) is 6.42 Å². The predicted molar refractivity (Wildman–Crippen MR) is 202 cm³/mol. The van der Waals surface area contributed by atoms with Crippen molar-refractivity contribution in [2.45, 2.75) is 63.5 Å². The third-order valence-corrected chi connectivity index (χ3v) is 9.79. The molecule has 6 aromatic rings. The van der Waals surface area contributed by atoms with Gasteiger partial charge in [0.25, 0.3) is 11.8 Å². The quantitative estimate of drug-likeness (QED) is 0.112. The van der Waals surface area contributed by atoms with Gasteiger partial charge in [-0.1, -0.05) is 55.7 Å². The first-order chi connectivity index (χ1) is 25.4. The van der Waals surface area contributed by atoms with E-state index in [0.29, 0.717) is 34.8 Å². The Labute approximate surface area is 302 Å². The number of carbonyl (C=O) groups excluding carboxylic acids is 2. The Morgan fingerprint density at radius 2 is 1.75 bits per heavy atom. The summed E-state index contributed by atoms with van der Waals surface area (Å²) in [6.45, 7) is 1.95. The van der Waals surface area contributed by atoms with Crippen molar-refractivity contribution in [3.05, 3.63) is 126 Å². The van der Waals surface area contributed by atoms with Crippen LogP contribution in [-0.2, 0) is 11.2 Å². The second-order valence-electron chi connectivity index (χ2n) is 13.3. The van der Waals surface area contributed by atoms with Crippen molar-refractivity contribution in [2.75, 3.05) is 17.7 Å². The van der Waals surface area contributed by atoms with Crippen LogP contribution >= 0.6 is 0 Å². The zero-order valence-electron chi connectivity index (χ0n) is 29.3. The second-order valence-corrected chi connectivity index (χ2v) is 13.3. The fourth-order valence-electron chi connectivity index (χ4n) is 7.04. The van der Waals surface area contributed by atoms with Gasteiger partial charge in [-0.15, -0.1) is 0 Å². The number of nitrogens with one attached hydrogen (secondary N) is 3. The Kier molecular flexibility index (Phi) is 10.3. The molecule has 0 aliphatic heterocycles. The van der Waals surface area contributed by atoms with Crippen LogP contribution in [0.15, 0.2) is 104 Å². The molecule has 0 radical (unpaired) electrons. The minimum atomic E-state index is -1.43. The average Bonchev–Trinajstić information content (AvgIpc) is 3.57. The summed E-state index contributed by atoms with van der Waals surface area (Å²) < 4.78 is 2.06. The fourth-order valence-corrected chi connectivity index (χ4v) is 7.04. The van der Waals surface area contributed by atoms with Crippen LogP contribution in [0.1, 0.15) is 71.4 Å². The number of hydrogen-bond acceptors (Lipinski definition) is 8. The number of pyridine rings is 1. The van der Waals surface area contributed by atoms with E-state index in [1.807, 2.05) is 79.7 Å². The molecule has 3 aromatic heterocycles. The number of aryl methyl sites for hydroxylation is 1. The lowest BCUT2D eigenvalue weighted by atomic mass is 9.88. The highest BCUT2D eigenvalue weighted by Gasteiger charge is 2.34. The molecule has 7 rings (SSSR count). The number of hydrogen-bond donors (Lipinski definition) is 4. The van der Waals surface area contributed by atoms with Crippen molar-refractivity contribution in [3.8, 4) is 11.3 Å². The largest absolute Gasteiger partial charge is 0.381 e. The summed E-state index contributed by atoms with van der Waals surface area (Å²) in [7, 11) is 1.60. The van der Waals surface area contributed by atoms with Gasteiger partial charge in [0.2, 0.25) is 5.95 Å². The molecule has 1 aliphatic carbocycles. The van der Waals surface area contributed by atoms with E-state index >= 15 is 0 Å². The minimum Gasteiger partial charge on any atom is -0.381 e. The summed E-state index contributed by atoms with van der Waals surface area (Å²) in [5.41, 5.74) is 6.67. The molecule has 1 fully saturated rings. The van der Waals surface area contributed by atoms with Crippen LogP contribution in [-0.4, -0.2) is 54.6 Å². The Morgan fingerprint density at radius 3 is 2.52 bits per heavy atom. The first-order valence-corrected chi connectivity index (χ1v) is 17.8. The molecule has 3 aromatic carbocycles. The molecular formula is C41H42N8O3. The average molecular weight is 695 g/mol. The molecule has 264 valence electrons. The lowest BCUT2D eigenvalue weighted by Gasteiger charge is -2.30. The van der Waals surface area contributed by atoms with Crippen LogP contribution < -0.4 is 16.0 Å². The highest BCUT2D eigenvalue weighted by Crippen LogP contribution is 2.38. The highest BCUT2D eigenvalue weighted by molar-refractivity contribution is 5.98.